The quantitative estimate of drug-likeness (QED) is 0.0428. The van der Waals surface area contributed by atoms with Gasteiger partial charge in [0.15, 0.2) is 6.04 Å². The lowest BCUT2D eigenvalue weighted by molar-refractivity contribution is -0.143. The van der Waals surface area contributed by atoms with Gasteiger partial charge in [0, 0.05) is 79.4 Å². The SMILES string of the molecule is C=C(C)N/C1=C(\S[C@@H]2CCN(C(=O)CCNC(=O)C(C)CC(=O)O)C2)NC(=O)[C@H]([C@@H](C)[C@@H](O)CO)NC(=O)[C@@H]2C[C@@H](O)CN2C(=O)[C@H](CC(N)=O)NC(=O)[C@@H](NC(=O)CNC(=O)[C@@H](NC(=O)CC)[C@@H](C)CC)C[S+]1[O-]. The van der Waals surface area contributed by atoms with Crippen LogP contribution in [0.1, 0.15) is 86.5 Å². The van der Waals surface area contributed by atoms with E-state index >= 15 is 0 Å². The van der Waals surface area contributed by atoms with E-state index in [1.165, 1.54) is 25.7 Å². The molecule has 2 fully saturated rings. The minimum atomic E-state index is -2.53. The van der Waals surface area contributed by atoms with Gasteiger partial charge in [-0.1, -0.05) is 59.4 Å². The molecule has 14 N–H and O–H groups in total. The number of aliphatic hydroxyl groups excluding tert-OH is 3. The first-order valence-corrected chi connectivity index (χ1v) is 26.7. The van der Waals surface area contributed by atoms with Crippen molar-refractivity contribution in [3.63, 3.8) is 0 Å². The van der Waals surface area contributed by atoms with Crippen LogP contribution in [0.4, 0.5) is 0 Å². The van der Waals surface area contributed by atoms with E-state index in [0.717, 1.165) is 16.7 Å². The number of aliphatic hydroxyl groups is 3. The molecule has 0 aromatic rings. The Hall–Kier alpha value is -6.01. The Morgan fingerprint density at radius 1 is 0.973 bits per heavy atom. The van der Waals surface area contributed by atoms with Crippen LogP contribution >= 0.6 is 11.8 Å². The first kappa shape index (κ1) is 63.3. The van der Waals surface area contributed by atoms with Crippen LogP contribution in [0.3, 0.4) is 0 Å². The molecule has 0 aromatic heterocycles. The normalized spacial score (nSPS) is 25.7. The van der Waals surface area contributed by atoms with Crippen molar-refractivity contribution in [3.05, 3.63) is 22.3 Å². The number of allylic oxidation sites excluding steroid dienone is 1. The van der Waals surface area contributed by atoms with E-state index in [2.05, 4.69) is 49.1 Å². The van der Waals surface area contributed by atoms with E-state index in [1.807, 2.05) is 0 Å². The summed E-state index contributed by atoms with van der Waals surface area (Å²) >= 11 is -1.62. The number of thioether (sulfide) groups is 1. The molecule has 0 aliphatic carbocycles. The molecule has 75 heavy (non-hydrogen) atoms. The molecule has 29 heteroatoms. The summed E-state index contributed by atoms with van der Waals surface area (Å²) in [6.07, 6.45) is -4.02. The maximum Gasteiger partial charge on any atom is 0.304 e. The lowest BCUT2D eigenvalue weighted by atomic mass is 9.94. The van der Waals surface area contributed by atoms with E-state index in [1.54, 1.807) is 20.8 Å². The van der Waals surface area contributed by atoms with Gasteiger partial charge in [-0.25, -0.2) is 0 Å². The minimum Gasteiger partial charge on any atom is -0.610 e. The van der Waals surface area contributed by atoms with E-state index in [0.29, 0.717) is 6.42 Å². The fraction of sp³-hybridized carbons (Fsp3) is 0.674. The zero-order chi connectivity index (χ0) is 56.4. The van der Waals surface area contributed by atoms with Gasteiger partial charge in [0.2, 0.25) is 59.1 Å². The number of primary amides is 1. The van der Waals surface area contributed by atoms with Crippen LogP contribution in [0.25, 0.3) is 0 Å². The molecule has 3 heterocycles. The summed E-state index contributed by atoms with van der Waals surface area (Å²) < 4.78 is 14.9. The zero-order valence-electron chi connectivity index (χ0n) is 42.9. The number of likely N-dealkylation sites (tertiary alicyclic amines) is 1. The molecule has 2 unspecified atom stereocenters. The van der Waals surface area contributed by atoms with Crippen LogP contribution in [0, 0.1) is 17.8 Å². The highest BCUT2D eigenvalue weighted by Gasteiger charge is 2.45. The second-order valence-corrected chi connectivity index (χ2v) is 21.6. The number of carbonyl (C=O) groups is 11. The summed E-state index contributed by atoms with van der Waals surface area (Å²) in [5, 5.41) is 59.9. The molecule has 10 amide bonds. The average molecular weight is 1100 g/mol. The number of hydrogen-bond acceptors (Lipinski definition) is 17. The summed E-state index contributed by atoms with van der Waals surface area (Å²) in [6.45, 7) is 11.1. The molecular weight excluding hydrogens is 1030 g/mol. The minimum absolute atomic E-state index is 0.0287. The number of nitrogens with zero attached hydrogens (tertiary/aromatic N) is 2. The fourth-order valence-electron chi connectivity index (χ4n) is 8.11. The summed E-state index contributed by atoms with van der Waals surface area (Å²) in [7, 11) is 0. The molecule has 3 rings (SSSR count). The highest BCUT2D eigenvalue weighted by atomic mass is 32.2. The van der Waals surface area contributed by atoms with Gasteiger partial charge in [-0.2, -0.15) is 0 Å². The molecule has 2 saturated heterocycles. The Bertz CT molecular complexity index is 2190. The van der Waals surface area contributed by atoms with Crippen molar-refractivity contribution >= 4 is 88.0 Å². The maximum atomic E-state index is 14.9. The Balaban J connectivity index is 2.17. The van der Waals surface area contributed by atoms with Gasteiger partial charge in [0.25, 0.3) is 5.03 Å². The monoisotopic (exact) mass is 1100 g/mol. The van der Waals surface area contributed by atoms with Crippen LogP contribution in [-0.4, -0.2) is 193 Å². The Morgan fingerprint density at radius 3 is 2.25 bits per heavy atom. The van der Waals surface area contributed by atoms with E-state index in [4.69, 9.17) is 10.8 Å². The largest absolute Gasteiger partial charge is 0.610 e. The molecule has 0 aromatic carbocycles. The molecule has 420 valence electrons. The number of fused-ring (bicyclic) bond motifs is 1. The van der Waals surface area contributed by atoms with Crippen LogP contribution in [-0.2, 0) is 63.9 Å². The lowest BCUT2D eigenvalue weighted by Gasteiger charge is -2.33. The van der Waals surface area contributed by atoms with E-state index in [-0.39, 0.29) is 66.5 Å². The number of carbonyl (C=O) groups excluding carboxylic acids is 10. The third-order valence-electron chi connectivity index (χ3n) is 12.7. The van der Waals surface area contributed by atoms with Gasteiger partial charge >= 0.3 is 5.97 Å². The molecule has 3 aliphatic rings. The van der Waals surface area contributed by atoms with Gasteiger partial charge in [0.05, 0.1) is 38.2 Å². The standard InChI is InChI=1S/C46H73N11O16S2/c1-8-23(5)37(53-33(62)9-2)42(70)49-17-34(63)51-29-21-75(73)45(50-22(3)4)44(74-27-11-13-56(19-27)35(64)10-12-48-39(67)24(6)14-36(65)66)55-43(71)38(25(7)31(60)20-58)54-41(69)30-15-26(59)18-57(30)46(72)28(16-32(47)61)52-40(29)68/h23-31,37-38,50,58-60H,3,8-21H2,1-2,4-7H3,(H2,47,61)(H,48,67)(H,49,70)(H,51,63)(H,52,68)(H,53,62)(H,54,69)(H,55,71)(H,65,66)/b45-44+/t23-,24?,25-,26+,27+,28-,29-,30-,31-,37-,38-,75?/m0/s1. The summed E-state index contributed by atoms with van der Waals surface area (Å²) in [4.78, 5) is 148. The van der Waals surface area contributed by atoms with Gasteiger partial charge in [-0.15, -0.1) is 0 Å². The molecule has 0 bridgehead atoms. The summed E-state index contributed by atoms with van der Waals surface area (Å²) in [5.41, 5.74) is 5.64. The van der Waals surface area contributed by atoms with Crippen LogP contribution in [0.2, 0.25) is 0 Å². The molecule has 0 radical (unpaired) electrons. The summed E-state index contributed by atoms with van der Waals surface area (Å²) in [5.74, 6) is -13.2. The maximum absolute atomic E-state index is 14.9. The second kappa shape index (κ2) is 29.9. The predicted molar refractivity (Wildman–Crippen MR) is 270 cm³/mol. The van der Waals surface area contributed by atoms with Crippen LogP contribution < -0.4 is 48.3 Å². The number of hydrogen-bond donors (Lipinski definition) is 13. The number of nitrogens with one attached hydrogen (secondary N) is 8. The third kappa shape index (κ3) is 19.3. The first-order chi connectivity index (χ1) is 35.2. The van der Waals surface area contributed by atoms with Crippen molar-refractivity contribution in [2.24, 2.45) is 23.5 Å². The predicted octanol–water partition coefficient (Wildman–Crippen LogP) is -4.60. The zero-order valence-corrected chi connectivity index (χ0v) is 44.6. The number of rotatable bonds is 23. The van der Waals surface area contributed by atoms with Gasteiger partial charge < -0.3 is 83.0 Å². The van der Waals surface area contributed by atoms with Crippen molar-refractivity contribution in [1.82, 2.24) is 52.3 Å². The third-order valence-corrected chi connectivity index (χ3v) is 15.4. The van der Waals surface area contributed by atoms with Crippen molar-refractivity contribution in [1.29, 1.82) is 0 Å². The average Bonchev–Trinajstić information content (AvgIpc) is 3.99. The molecule has 0 saturated carbocycles. The molecule has 0 spiro atoms. The van der Waals surface area contributed by atoms with Gasteiger partial charge in [0.1, 0.15) is 34.9 Å². The number of amides is 10. The Morgan fingerprint density at radius 2 is 1.65 bits per heavy atom. The topological polar surface area (TPSA) is 420 Å². The molecule has 27 nitrogen and oxygen atoms in total. The van der Waals surface area contributed by atoms with Gasteiger partial charge in [-0.3, -0.25) is 52.7 Å². The smallest absolute Gasteiger partial charge is 0.304 e. The summed E-state index contributed by atoms with van der Waals surface area (Å²) in [6, 6.07) is -8.08. The van der Waals surface area contributed by atoms with Crippen molar-refractivity contribution in [2.45, 2.75) is 134 Å². The van der Waals surface area contributed by atoms with Crippen molar-refractivity contribution in [3.8, 4) is 0 Å². The molecular formula is C46H73N11O16S2. The Kier molecular flexibility index (Phi) is 25.2. The van der Waals surface area contributed by atoms with Crippen molar-refractivity contribution < 1.29 is 77.7 Å². The van der Waals surface area contributed by atoms with Crippen LogP contribution in [0.5, 0.6) is 0 Å². The molecule has 12 atom stereocenters. The van der Waals surface area contributed by atoms with E-state index in [9.17, 15) is 72.6 Å². The number of nitrogens with two attached hydrogens (primary N) is 1. The fourth-order valence-corrected chi connectivity index (χ4v) is 10.9. The lowest BCUT2D eigenvalue weighted by Crippen LogP contribution is -2.61. The second-order valence-electron chi connectivity index (χ2n) is 18.8. The number of carboxylic acid groups (broad SMARTS) is 1. The highest BCUT2D eigenvalue weighted by Crippen LogP contribution is 2.32. The highest BCUT2D eigenvalue weighted by molar-refractivity contribution is 8.05. The Labute approximate surface area is 441 Å². The van der Waals surface area contributed by atoms with E-state index < -0.39 is 175 Å². The number of carboxylic acids is 1. The number of aliphatic carboxylic acids is 1. The van der Waals surface area contributed by atoms with Gasteiger partial charge in [-0.05, 0) is 19.3 Å². The molecule has 3 aliphatic heterocycles. The van der Waals surface area contributed by atoms with Crippen molar-refractivity contribution in [2.75, 3.05) is 45.1 Å². The first-order valence-electron chi connectivity index (χ1n) is 24.5. The van der Waals surface area contributed by atoms with Crippen LogP contribution in [0.15, 0.2) is 22.3 Å².